The van der Waals surface area contributed by atoms with Gasteiger partial charge in [-0.1, -0.05) is 30.3 Å². The number of hydrogen-bond donors (Lipinski definition) is 4. The molecule has 1 atom stereocenters. The van der Waals surface area contributed by atoms with Crippen molar-refractivity contribution in [3.05, 3.63) is 64.6 Å². The number of imidazole rings is 1. The van der Waals surface area contributed by atoms with E-state index >= 15 is 0 Å². The second kappa shape index (κ2) is 13.6. The minimum absolute atomic E-state index is 0.0388. The molecule has 0 bridgehead atoms. The summed E-state index contributed by atoms with van der Waals surface area (Å²) >= 11 is 0. The molecule has 2 heterocycles. The quantitative estimate of drug-likeness (QED) is 0.246. The minimum Gasteiger partial charge on any atom is -0.496 e. The van der Waals surface area contributed by atoms with Crippen LogP contribution >= 0.6 is 0 Å². The highest BCUT2D eigenvalue weighted by Crippen LogP contribution is 2.25. The number of para-hydroxylation sites is 3. The number of benzene rings is 2. The number of ether oxygens (including phenoxy) is 2. The molecule has 0 spiro atoms. The predicted molar refractivity (Wildman–Crippen MR) is 136 cm³/mol. The average Bonchev–Trinajstić information content (AvgIpc) is 3.23. The van der Waals surface area contributed by atoms with E-state index in [9.17, 15) is 9.90 Å². The number of hydrogen-bond acceptors (Lipinski definition) is 7. The monoisotopic (exact) mass is 515 g/mol. The molecule has 0 saturated carbocycles. The molecule has 1 saturated heterocycles. The number of aliphatic hydroxyl groups is 1. The number of methoxy groups -OCH3 is 1. The van der Waals surface area contributed by atoms with Gasteiger partial charge in [-0.25, -0.2) is 14.4 Å². The van der Waals surface area contributed by atoms with Crippen LogP contribution in [0.1, 0.15) is 24.4 Å². The van der Waals surface area contributed by atoms with Crippen LogP contribution in [0.5, 0.6) is 5.75 Å². The molecule has 11 heteroatoms. The lowest BCUT2D eigenvalue weighted by Crippen LogP contribution is -2.41. The maximum absolute atomic E-state index is 12.4. The van der Waals surface area contributed by atoms with Crippen LogP contribution in [-0.2, 0) is 20.7 Å². The second-order valence-electron chi connectivity index (χ2n) is 8.75. The van der Waals surface area contributed by atoms with Crippen LogP contribution in [0.2, 0.25) is 0 Å². The summed E-state index contributed by atoms with van der Waals surface area (Å²) in [5, 5.41) is 25.2. The number of aromatic nitrogens is 2. The molecule has 4 N–H and O–H groups in total. The van der Waals surface area contributed by atoms with Crippen molar-refractivity contribution < 1.29 is 34.4 Å². The molecule has 1 aromatic heterocycles. The van der Waals surface area contributed by atoms with Gasteiger partial charge >= 0.3 is 17.6 Å². The topological polar surface area (TPSA) is 154 Å². The summed E-state index contributed by atoms with van der Waals surface area (Å²) in [6.07, 6.45) is 2.01. The fourth-order valence-electron chi connectivity index (χ4n) is 4.46. The lowest BCUT2D eigenvalue weighted by molar-refractivity contribution is -0.159. The Bertz CT molecular complexity index is 1220. The van der Waals surface area contributed by atoms with E-state index < -0.39 is 18.0 Å². The maximum Gasteiger partial charge on any atom is 0.414 e. The van der Waals surface area contributed by atoms with Crippen molar-refractivity contribution in [2.24, 2.45) is 0 Å². The molecule has 1 unspecified atom stereocenters. The summed E-state index contributed by atoms with van der Waals surface area (Å²) in [5.74, 6) is -2.78. The molecule has 37 heavy (non-hydrogen) atoms. The van der Waals surface area contributed by atoms with Gasteiger partial charge in [0, 0.05) is 25.7 Å². The predicted octanol–water partition coefficient (Wildman–Crippen LogP) is 1.75. The number of likely N-dealkylation sites (tertiary alicyclic amines) is 1. The lowest BCUT2D eigenvalue weighted by Gasteiger charge is -2.33. The lowest BCUT2D eigenvalue weighted by atomic mass is 10.0. The van der Waals surface area contributed by atoms with Crippen molar-refractivity contribution in [3.63, 3.8) is 0 Å². The first kappa shape index (κ1) is 27.9. The Hall–Kier alpha value is -3.67. The molecular formula is C26H33N3O8. The highest BCUT2D eigenvalue weighted by molar-refractivity contribution is 6.27. The van der Waals surface area contributed by atoms with Gasteiger partial charge in [-0.3, -0.25) is 4.57 Å². The average molecular weight is 516 g/mol. The number of rotatable bonds is 9. The van der Waals surface area contributed by atoms with Gasteiger partial charge in [0.05, 0.1) is 37.5 Å². The van der Waals surface area contributed by atoms with Gasteiger partial charge in [-0.2, -0.15) is 0 Å². The Morgan fingerprint density at radius 3 is 2.38 bits per heavy atom. The Labute approximate surface area is 213 Å². The SMILES string of the molecule is COc1ccccc1CCOCC(O)CN1CCC(n2c(=O)[nH]c3ccccc32)CC1.O=C(O)C(=O)O. The van der Waals surface area contributed by atoms with E-state index in [0.29, 0.717) is 19.8 Å². The normalized spacial score (nSPS) is 15.1. The van der Waals surface area contributed by atoms with Gasteiger partial charge in [0.25, 0.3) is 0 Å². The Kier molecular flexibility index (Phi) is 10.2. The second-order valence-corrected chi connectivity index (χ2v) is 8.75. The van der Waals surface area contributed by atoms with Crippen LogP contribution in [0, 0.1) is 0 Å². The molecular weight excluding hydrogens is 482 g/mol. The highest BCUT2D eigenvalue weighted by atomic mass is 16.5. The Morgan fingerprint density at radius 2 is 1.70 bits per heavy atom. The smallest absolute Gasteiger partial charge is 0.414 e. The number of aliphatic hydroxyl groups excluding tert-OH is 1. The number of aromatic amines is 1. The van der Waals surface area contributed by atoms with Crippen LogP contribution in [-0.4, -0.2) is 87.8 Å². The Morgan fingerprint density at radius 1 is 1.05 bits per heavy atom. The largest absolute Gasteiger partial charge is 0.496 e. The van der Waals surface area contributed by atoms with E-state index in [4.69, 9.17) is 29.3 Å². The van der Waals surface area contributed by atoms with E-state index in [1.807, 2.05) is 53.1 Å². The van der Waals surface area contributed by atoms with Crippen LogP contribution in [0.4, 0.5) is 0 Å². The zero-order valence-corrected chi connectivity index (χ0v) is 20.7. The number of H-pyrrole nitrogens is 1. The van der Waals surface area contributed by atoms with Crippen molar-refractivity contribution >= 4 is 23.0 Å². The summed E-state index contributed by atoms with van der Waals surface area (Å²) in [5.41, 5.74) is 2.92. The molecule has 0 amide bonds. The third-order valence-electron chi connectivity index (χ3n) is 6.22. The minimum atomic E-state index is -1.82. The molecule has 1 aliphatic heterocycles. The number of β-amino-alcohol motifs (C(OH)–C–C–N with tert-alkyl or cyclic N) is 1. The first-order valence-electron chi connectivity index (χ1n) is 12.1. The standard InChI is InChI=1S/C24H31N3O4.C2H2O4/c1-30-23-9-5-2-6-18(23)12-15-31-17-20(28)16-26-13-10-19(11-14-26)27-22-8-4-3-7-21(22)25-24(27)29;3-1(4)2(5)6/h2-9,19-20,28H,10-17H2,1H3,(H,25,29);(H,3,4)(H,5,6). The van der Waals surface area contributed by atoms with Crippen LogP contribution in [0.3, 0.4) is 0 Å². The fraction of sp³-hybridized carbons (Fsp3) is 0.423. The highest BCUT2D eigenvalue weighted by Gasteiger charge is 2.24. The Balaban J connectivity index is 0.000000568. The molecule has 0 radical (unpaired) electrons. The van der Waals surface area contributed by atoms with Crippen LogP contribution in [0.15, 0.2) is 53.3 Å². The molecule has 3 aromatic rings. The third kappa shape index (κ3) is 7.91. The number of piperidine rings is 1. The van der Waals surface area contributed by atoms with Crippen molar-refractivity contribution in [1.82, 2.24) is 14.5 Å². The van der Waals surface area contributed by atoms with Crippen molar-refractivity contribution in [2.45, 2.75) is 31.4 Å². The number of nitrogens with zero attached hydrogens (tertiary/aromatic N) is 2. The summed E-state index contributed by atoms with van der Waals surface area (Å²) in [6.45, 7) is 3.16. The first-order chi connectivity index (χ1) is 17.8. The molecule has 2 aromatic carbocycles. The van der Waals surface area contributed by atoms with Gasteiger partial charge in [0.2, 0.25) is 0 Å². The van der Waals surface area contributed by atoms with E-state index in [1.165, 1.54) is 0 Å². The van der Waals surface area contributed by atoms with E-state index in [1.54, 1.807) is 7.11 Å². The maximum atomic E-state index is 12.4. The zero-order chi connectivity index (χ0) is 26.8. The van der Waals surface area contributed by atoms with E-state index in [0.717, 1.165) is 54.7 Å². The number of aliphatic carboxylic acids is 2. The van der Waals surface area contributed by atoms with Crippen LogP contribution in [0.25, 0.3) is 11.0 Å². The van der Waals surface area contributed by atoms with Gasteiger partial charge < -0.3 is 34.7 Å². The van der Waals surface area contributed by atoms with Gasteiger partial charge in [-0.15, -0.1) is 0 Å². The number of nitrogens with one attached hydrogen (secondary N) is 1. The number of carboxylic acid groups (broad SMARTS) is 2. The molecule has 0 aliphatic carbocycles. The van der Waals surface area contributed by atoms with E-state index in [2.05, 4.69) is 9.88 Å². The molecule has 1 fully saturated rings. The van der Waals surface area contributed by atoms with Gasteiger partial charge in [0.1, 0.15) is 5.75 Å². The summed E-state index contributed by atoms with van der Waals surface area (Å²) in [7, 11) is 1.67. The zero-order valence-electron chi connectivity index (χ0n) is 20.7. The molecule has 11 nitrogen and oxygen atoms in total. The summed E-state index contributed by atoms with van der Waals surface area (Å²) < 4.78 is 13.0. The van der Waals surface area contributed by atoms with E-state index in [-0.39, 0.29) is 11.7 Å². The molecule has 200 valence electrons. The van der Waals surface area contributed by atoms with Crippen molar-refractivity contribution in [1.29, 1.82) is 0 Å². The summed E-state index contributed by atoms with van der Waals surface area (Å²) in [4.78, 5) is 35.8. The number of carbonyl (C=O) groups is 2. The number of fused-ring (bicyclic) bond motifs is 1. The van der Waals surface area contributed by atoms with Gasteiger partial charge in [-0.05, 0) is 43.0 Å². The van der Waals surface area contributed by atoms with Crippen molar-refractivity contribution in [2.75, 3.05) is 40.0 Å². The summed E-state index contributed by atoms with van der Waals surface area (Å²) in [6, 6.07) is 15.9. The van der Waals surface area contributed by atoms with Crippen LogP contribution < -0.4 is 10.4 Å². The molecule has 1 aliphatic rings. The number of carboxylic acids is 2. The van der Waals surface area contributed by atoms with Gasteiger partial charge in [0.15, 0.2) is 0 Å². The first-order valence-corrected chi connectivity index (χ1v) is 12.1. The third-order valence-corrected chi connectivity index (χ3v) is 6.22. The fourth-order valence-corrected chi connectivity index (χ4v) is 4.46. The molecule has 4 rings (SSSR count). The van der Waals surface area contributed by atoms with Crippen molar-refractivity contribution in [3.8, 4) is 5.75 Å².